The van der Waals surface area contributed by atoms with E-state index in [9.17, 15) is 4.39 Å². The fraction of sp³-hybridized carbons (Fsp3) is 0.0833. The Morgan fingerprint density at radius 3 is 2.27 bits per heavy atom. The number of benzene rings is 3. The first-order valence-electron chi connectivity index (χ1n) is 9.99. The van der Waals surface area contributed by atoms with Gasteiger partial charge in [0, 0.05) is 10.7 Å². The number of rotatable bonds is 6. The molecule has 0 saturated carbocycles. The van der Waals surface area contributed by atoms with Crippen molar-refractivity contribution in [1.82, 2.24) is 15.0 Å². The highest BCUT2D eigenvalue weighted by Gasteiger charge is 2.16. The molecule has 166 valence electrons. The van der Waals surface area contributed by atoms with Crippen LogP contribution in [0.1, 0.15) is 18.1 Å². The van der Waals surface area contributed by atoms with E-state index in [1.54, 1.807) is 30.3 Å². The fourth-order valence-electron chi connectivity index (χ4n) is 2.96. The van der Waals surface area contributed by atoms with Gasteiger partial charge in [-0.1, -0.05) is 59.1 Å². The molecule has 3 aromatic carbocycles. The second kappa shape index (κ2) is 9.94. The number of aromatic nitrogens is 3. The Morgan fingerprint density at radius 1 is 0.879 bits per heavy atom. The van der Waals surface area contributed by atoms with Gasteiger partial charge in [-0.05, 0) is 55.8 Å². The molecule has 6 nitrogen and oxygen atoms in total. The number of nitrogens with zero attached hydrogens (tertiary/aromatic N) is 4. The van der Waals surface area contributed by atoms with E-state index in [1.807, 2.05) is 38.1 Å². The van der Waals surface area contributed by atoms with Crippen molar-refractivity contribution in [3.63, 3.8) is 0 Å². The lowest BCUT2D eigenvalue weighted by atomic mass is 10.1. The van der Waals surface area contributed by atoms with Gasteiger partial charge in [0.25, 0.3) is 0 Å². The van der Waals surface area contributed by atoms with Gasteiger partial charge in [0.05, 0.1) is 16.3 Å². The summed E-state index contributed by atoms with van der Waals surface area (Å²) >= 11 is 12.2. The van der Waals surface area contributed by atoms with E-state index in [-0.39, 0.29) is 28.3 Å². The number of hydrazone groups is 1. The fourth-order valence-corrected chi connectivity index (χ4v) is 3.33. The quantitative estimate of drug-likeness (QED) is 0.232. The molecule has 33 heavy (non-hydrogen) atoms. The smallest absolute Gasteiger partial charge is 0.248 e. The second-order valence-corrected chi connectivity index (χ2v) is 8.05. The topological polar surface area (TPSA) is 75.1 Å². The number of aryl methyl sites for hydroxylation is 1. The van der Waals surface area contributed by atoms with Crippen molar-refractivity contribution in [2.75, 3.05) is 10.7 Å². The molecular weight excluding hydrogens is 462 g/mol. The average Bonchev–Trinajstić information content (AvgIpc) is 2.79. The summed E-state index contributed by atoms with van der Waals surface area (Å²) in [4.78, 5) is 13.1. The summed E-state index contributed by atoms with van der Waals surface area (Å²) in [6.45, 7) is 3.88. The van der Waals surface area contributed by atoms with Gasteiger partial charge < -0.3 is 5.32 Å². The summed E-state index contributed by atoms with van der Waals surface area (Å²) in [5, 5.41) is 8.23. The lowest BCUT2D eigenvalue weighted by Gasteiger charge is -2.11. The van der Waals surface area contributed by atoms with Crippen LogP contribution in [0.15, 0.2) is 71.8 Å². The summed E-state index contributed by atoms with van der Waals surface area (Å²) in [5.74, 6) is -0.166. The minimum atomic E-state index is -0.545. The Morgan fingerprint density at radius 2 is 1.58 bits per heavy atom. The van der Waals surface area contributed by atoms with Crippen molar-refractivity contribution in [3.8, 4) is 11.4 Å². The van der Waals surface area contributed by atoms with E-state index in [0.29, 0.717) is 10.7 Å². The Kier molecular flexibility index (Phi) is 6.82. The molecule has 1 aromatic heterocycles. The monoisotopic (exact) mass is 480 g/mol. The van der Waals surface area contributed by atoms with Crippen LogP contribution >= 0.6 is 23.2 Å². The molecule has 0 atom stereocenters. The molecule has 0 spiro atoms. The van der Waals surface area contributed by atoms with E-state index < -0.39 is 5.82 Å². The number of nitrogens with one attached hydrogen (secondary N) is 2. The normalized spacial score (nSPS) is 11.4. The lowest BCUT2D eigenvalue weighted by molar-refractivity contribution is 0.630. The van der Waals surface area contributed by atoms with Gasteiger partial charge in [0.15, 0.2) is 5.82 Å². The van der Waals surface area contributed by atoms with Crippen LogP contribution in [0.3, 0.4) is 0 Å². The Hall–Kier alpha value is -3.55. The third-order valence-electron chi connectivity index (χ3n) is 4.72. The van der Waals surface area contributed by atoms with Gasteiger partial charge in [-0.2, -0.15) is 20.1 Å². The Balaban J connectivity index is 1.71. The Bertz CT molecular complexity index is 1290. The lowest BCUT2D eigenvalue weighted by Crippen LogP contribution is -2.07. The van der Waals surface area contributed by atoms with Gasteiger partial charge in [0.2, 0.25) is 11.9 Å². The van der Waals surface area contributed by atoms with Crippen molar-refractivity contribution >= 4 is 46.5 Å². The molecule has 0 fully saturated rings. The number of hydrogen-bond donors (Lipinski definition) is 2. The highest BCUT2D eigenvalue weighted by molar-refractivity contribution is 6.33. The van der Waals surface area contributed by atoms with Crippen LogP contribution in [0.5, 0.6) is 0 Å². The van der Waals surface area contributed by atoms with Gasteiger partial charge >= 0.3 is 0 Å². The average molecular weight is 481 g/mol. The van der Waals surface area contributed by atoms with Gasteiger partial charge in [-0.15, -0.1) is 0 Å². The molecule has 0 aliphatic carbocycles. The van der Waals surface area contributed by atoms with Crippen LogP contribution in [0, 0.1) is 12.7 Å². The van der Waals surface area contributed by atoms with E-state index in [1.165, 1.54) is 12.1 Å². The van der Waals surface area contributed by atoms with Crippen LogP contribution in [0.4, 0.5) is 22.0 Å². The minimum absolute atomic E-state index is 0.0650. The highest BCUT2D eigenvalue weighted by atomic mass is 35.5. The first-order valence-corrected chi connectivity index (χ1v) is 10.7. The maximum absolute atomic E-state index is 14.6. The maximum atomic E-state index is 14.6. The highest BCUT2D eigenvalue weighted by Crippen LogP contribution is 2.29. The molecule has 1 heterocycles. The molecule has 9 heteroatoms. The molecule has 0 unspecified atom stereocenters. The zero-order chi connectivity index (χ0) is 23.4. The summed E-state index contributed by atoms with van der Waals surface area (Å²) in [5.41, 5.74) is 6.44. The third kappa shape index (κ3) is 5.63. The van der Waals surface area contributed by atoms with Crippen LogP contribution in [0.25, 0.3) is 11.4 Å². The zero-order valence-corrected chi connectivity index (χ0v) is 19.3. The molecule has 0 bridgehead atoms. The van der Waals surface area contributed by atoms with Crippen molar-refractivity contribution in [3.05, 3.63) is 93.7 Å². The van der Waals surface area contributed by atoms with Gasteiger partial charge in [0.1, 0.15) is 5.82 Å². The molecule has 4 rings (SSSR count). The van der Waals surface area contributed by atoms with Crippen molar-refractivity contribution < 1.29 is 4.39 Å². The first-order chi connectivity index (χ1) is 15.9. The minimum Gasteiger partial charge on any atom is -0.324 e. The SMILES string of the molecule is C/C(=N\Nc1nc(Nc2ccc(Cl)cc2)nc(-c2c(F)cccc2Cl)n1)c1ccc(C)cc1. The molecule has 4 aromatic rings. The molecule has 0 aliphatic rings. The Labute approximate surface area is 200 Å². The van der Waals surface area contributed by atoms with Crippen molar-refractivity contribution in [2.24, 2.45) is 5.10 Å². The predicted molar refractivity (Wildman–Crippen MR) is 132 cm³/mol. The summed E-state index contributed by atoms with van der Waals surface area (Å²) in [7, 11) is 0. The maximum Gasteiger partial charge on any atom is 0.248 e. The van der Waals surface area contributed by atoms with Gasteiger partial charge in [-0.25, -0.2) is 9.82 Å². The second-order valence-electron chi connectivity index (χ2n) is 7.21. The summed E-state index contributed by atoms with van der Waals surface area (Å²) in [6.07, 6.45) is 0. The number of halogens is 3. The molecule has 2 N–H and O–H groups in total. The number of hydrogen-bond acceptors (Lipinski definition) is 6. The molecule has 0 aliphatic heterocycles. The van der Waals surface area contributed by atoms with E-state index in [0.717, 1.165) is 16.8 Å². The molecular formula is C24H19Cl2FN6. The summed E-state index contributed by atoms with van der Waals surface area (Å²) in [6, 6.07) is 19.3. The third-order valence-corrected chi connectivity index (χ3v) is 5.28. The molecule has 0 radical (unpaired) electrons. The standard InChI is InChI=1S/C24H19Cl2FN6/c1-14-6-8-16(9-7-14)15(2)32-33-24-30-22(21-19(26)4-3-5-20(21)27)29-23(31-24)28-18-12-10-17(25)11-13-18/h3-13H,1-2H3,(H2,28,29,30,31,33)/b32-15+. The van der Waals surface area contributed by atoms with E-state index >= 15 is 0 Å². The summed E-state index contributed by atoms with van der Waals surface area (Å²) < 4.78 is 14.6. The number of anilines is 3. The molecule has 0 saturated heterocycles. The van der Waals surface area contributed by atoms with Crippen LogP contribution in [-0.2, 0) is 0 Å². The van der Waals surface area contributed by atoms with E-state index in [4.69, 9.17) is 23.2 Å². The van der Waals surface area contributed by atoms with Crippen LogP contribution in [0.2, 0.25) is 10.0 Å². The van der Waals surface area contributed by atoms with Crippen LogP contribution in [-0.4, -0.2) is 20.7 Å². The van der Waals surface area contributed by atoms with Gasteiger partial charge in [-0.3, -0.25) is 0 Å². The first kappa shape index (κ1) is 22.6. The predicted octanol–water partition coefficient (Wildman–Crippen LogP) is 6.87. The molecule has 0 amide bonds. The van der Waals surface area contributed by atoms with E-state index in [2.05, 4.69) is 30.8 Å². The largest absolute Gasteiger partial charge is 0.324 e. The van der Waals surface area contributed by atoms with Crippen molar-refractivity contribution in [2.45, 2.75) is 13.8 Å². The zero-order valence-electron chi connectivity index (χ0n) is 17.8. The van der Waals surface area contributed by atoms with Crippen LogP contribution < -0.4 is 10.7 Å². The van der Waals surface area contributed by atoms with Crippen molar-refractivity contribution in [1.29, 1.82) is 0 Å².